The highest BCUT2D eigenvalue weighted by Gasteiger charge is 2.18. The van der Waals surface area contributed by atoms with Crippen molar-refractivity contribution in [2.24, 2.45) is 5.73 Å². The molecule has 6 nitrogen and oxygen atoms in total. The first-order chi connectivity index (χ1) is 9.40. The Balaban J connectivity index is 2.85. The Hall–Kier alpha value is -2.24. The van der Waals surface area contributed by atoms with Crippen molar-refractivity contribution in [3.8, 4) is 0 Å². The molecular formula is C14H22N4O2. The van der Waals surface area contributed by atoms with Crippen molar-refractivity contribution in [3.05, 3.63) is 23.8 Å². The average molecular weight is 278 g/mol. The first-order valence-corrected chi connectivity index (χ1v) is 6.65. The number of carbonyl (C=O) groups excluding carboxylic acids is 2. The number of carbonyl (C=O) groups is 2. The minimum absolute atomic E-state index is 0.00690. The van der Waals surface area contributed by atoms with Gasteiger partial charge in [-0.15, -0.1) is 0 Å². The lowest BCUT2D eigenvalue weighted by molar-refractivity contribution is -0.131. The van der Waals surface area contributed by atoms with E-state index in [4.69, 9.17) is 11.5 Å². The van der Waals surface area contributed by atoms with Crippen LogP contribution in [-0.2, 0) is 4.79 Å². The van der Waals surface area contributed by atoms with E-state index >= 15 is 0 Å². The van der Waals surface area contributed by atoms with Gasteiger partial charge < -0.3 is 21.7 Å². The van der Waals surface area contributed by atoms with E-state index in [1.807, 2.05) is 13.8 Å². The van der Waals surface area contributed by atoms with Crippen LogP contribution >= 0.6 is 0 Å². The fourth-order valence-electron chi connectivity index (χ4n) is 1.98. The van der Waals surface area contributed by atoms with Crippen molar-refractivity contribution in [2.75, 3.05) is 24.1 Å². The molecule has 0 spiro atoms. The van der Waals surface area contributed by atoms with Crippen LogP contribution in [0, 0.1) is 0 Å². The van der Waals surface area contributed by atoms with Gasteiger partial charge in [-0.05, 0) is 39.0 Å². The van der Waals surface area contributed by atoms with Gasteiger partial charge in [0.1, 0.15) is 6.04 Å². The summed E-state index contributed by atoms with van der Waals surface area (Å²) in [5.74, 6) is -0.582. The summed E-state index contributed by atoms with van der Waals surface area (Å²) in [6.07, 6.45) is 0. The fraction of sp³-hybridized carbons (Fsp3) is 0.429. The van der Waals surface area contributed by atoms with E-state index in [0.717, 1.165) is 0 Å². The van der Waals surface area contributed by atoms with Crippen LogP contribution in [0.3, 0.4) is 0 Å². The number of nitrogens with two attached hydrogens (primary N) is 2. The van der Waals surface area contributed by atoms with Crippen LogP contribution in [0.4, 0.5) is 11.4 Å². The maximum atomic E-state index is 12.1. The molecule has 0 aliphatic rings. The Labute approximate surface area is 119 Å². The van der Waals surface area contributed by atoms with Crippen molar-refractivity contribution in [3.63, 3.8) is 0 Å². The summed E-state index contributed by atoms with van der Waals surface area (Å²) in [6, 6.07) is 4.48. The second-order valence-corrected chi connectivity index (χ2v) is 4.54. The second-order valence-electron chi connectivity index (χ2n) is 4.54. The molecular weight excluding hydrogens is 256 g/mol. The third kappa shape index (κ3) is 3.63. The van der Waals surface area contributed by atoms with Gasteiger partial charge >= 0.3 is 0 Å². The molecule has 0 aromatic heterocycles. The maximum Gasteiger partial charge on any atom is 0.250 e. The molecule has 110 valence electrons. The SMILES string of the molecule is CCN(CC)C(=O)C(C)Nc1ccc(N)c(C(N)=O)c1. The van der Waals surface area contributed by atoms with Gasteiger partial charge in [0, 0.05) is 24.5 Å². The molecule has 0 heterocycles. The zero-order chi connectivity index (χ0) is 15.3. The molecule has 0 saturated heterocycles. The molecule has 20 heavy (non-hydrogen) atoms. The monoisotopic (exact) mass is 278 g/mol. The predicted octanol–water partition coefficient (Wildman–Crippen LogP) is 1.04. The number of nitrogens with one attached hydrogen (secondary N) is 1. The van der Waals surface area contributed by atoms with Gasteiger partial charge in [-0.1, -0.05) is 0 Å². The summed E-state index contributed by atoms with van der Waals surface area (Å²) < 4.78 is 0. The van der Waals surface area contributed by atoms with Crippen LogP contribution in [0.2, 0.25) is 0 Å². The summed E-state index contributed by atoms with van der Waals surface area (Å²) in [6.45, 7) is 6.97. The lowest BCUT2D eigenvalue weighted by Gasteiger charge is -2.24. The van der Waals surface area contributed by atoms with Gasteiger partial charge in [0.25, 0.3) is 5.91 Å². The zero-order valence-electron chi connectivity index (χ0n) is 12.1. The number of hydrogen-bond acceptors (Lipinski definition) is 4. The van der Waals surface area contributed by atoms with Gasteiger partial charge in [-0.2, -0.15) is 0 Å². The predicted molar refractivity (Wildman–Crippen MR) is 80.4 cm³/mol. The Morgan fingerprint density at radius 2 is 1.90 bits per heavy atom. The summed E-state index contributed by atoms with van der Waals surface area (Å²) in [4.78, 5) is 25.1. The molecule has 0 radical (unpaired) electrons. The number of nitrogens with zero attached hydrogens (tertiary/aromatic N) is 1. The van der Waals surface area contributed by atoms with Crippen LogP contribution in [0.25, 0.3) is 0 Å². The highest BCUT2D eigenvalue weighted by molar-refractivity contribution is 5.99. The van der Waals surface area contributed by atoms with Gasteiger partial charge in [-0.3, -0.25) is 9.59 Å². The minimum Gasteiger partial charge on any atom is -0.398 e. The van der Waals surface area contributed by atoms with Crippen LogP contribution in [0.5, 0.6) is 0 Å². The van der Waals surface area contributed by atoms with Crippen molar-refractivity contribution in [1.29, 1.82) is 0 Å². The first kappa shape index (κ1) is 15.8. The molecule has 6 heteroatoms. The van der Waals surface area contributed by atoms with Crippen molar-refractivity contribution >= 4 is 23.2 Å². The summed E-state index contributed by atoms with van der Waals surface area (Å²) in [5, 5.41) is 3.06. The van der Waals surface area contributed by atoms with Crippen LogP contribution in [0.15, 0.2) is 18.2 Å². The van der Waals surface area contributed by atoms with E-state index in [1.54, 1.807) is 30.0 Å². The Morgan fingerprint density at radius 1 is 1.30 bits per heavy atom. The van der Waals surface area contributed by atoms with Crippen molar-refractivity contribution in [1.82, 2.24) is 4.90 Å². The molecule has 0 fully saturated rings. The van der Waals surface area contributed by atoms with Gasteiger partial charge in [-0.25, -0.2) is 0 Å². The number of benzene rings is 1. The largest absolute Gasteiger partial charge is 0.398 e. The number of anilines is 2. The molecule has 2 amide bonds. The average Bonchev–Trinajstić information content (AvgIpc) is 2.41. The second kappa shape index (κ2) is 6.79. The molecule has 1 unspecified atom stereocenters. The molecule has 0 aliphatic heterocycles. The van der Waals surface area contributed by atoms with Gasteiger partial charge in [0.15, 0.2) is 0 Å². The number of nitrogen functional groups attached to an aromatic ring is 1. The highest BCUT2D eigenvalue weighted by Crippen LogP contribution is 2.18. The third-order valence-electron chi connectivity index (χ3n) is 3.15. The Bertz CT molecular complexity index is 498. The molecule has 1 rings (SSSR count). The quantitative estimate of drug-likeness (QED) is 0.676. The van der Waals surface area contributed by atoms with Crippen molar-refractivity contribution in [2.45, 2.75) is 26.8 Å². The van der Waals surface area contributed by atoms with E-state index in [0.29, 0.717) is 24.5 Å². The van der Waals surface area contributed by atoms with E-state index in [2.05, 4.69) is 5.32 Å². The first-order valence-electron chi connectivity index (χ1n) is 6.65. The van der Waals surface area contributed by atoms with E-state index in [-0.39, 0.29) is 17.5 Å². The summed E-state index contributed by atoms with van der Waals surface area (Å²) in [7, 11) is 0. The molecule has 1 aromatic rings. The number of primary amides is 1. The van der Waals surface area contributed by atoms with Crippen LogP contribution in [-0.4, -0.2) is 35.8 Å². The minimum atomic E-state index is -0.589. The lowest BCUT2D eigenvalue weighted by Crippen LogP contribution is -2.41. The van der Waals surface area contributed by atoms with Crippen LogP contribution in [0.1, 0.15) is 31.1 Å². The van der Waals surface area contributed by atoms with Gasteiger partial charge in [0.05, 0.1) is 5.56 Å². The Morgan fingerprint density at radius 3 is 2.40 bits per heavy atom. The fourth-order valence-corrected chi connectivity index (χ4v) is 1.98. The summed E-state index contributed by atoms with van der Waals surface area (Å²) in [5.41, 5.74) is 12.1. The lowest BCUT2D eigenvalue weighted by atomic mass is 10.1. The third-order valence-corrected chi connectivity index (χ3v) is 3.15. The molecule has 0 saturated carbocycles. The normalized spacial score (nSPS) is 11.8. The number of likely N-dealkylation sites (N-methyl/N-ethyl adjacent to an activating group) is 1. The molecule has 1 aromatic carbocycles. The van der Waals surface area contributed by atoms with Gasteiger partial charge in [0.2, 0.25) is 5.91 Å². The smallest absolute Gasteiger partial charge is 0.250 e. The number of amides is 2. The van der Waals surface area contributed by atoms with E-state index in [9.17, 15) is 9.59 Å². The van der Waals surface area contributed by atoms with Crippen molar-refractivity contribution < 1.29 is 9.59 Å². The topological polar surface area (TPSA) is 101 Å². The van der Waals surface area contributed by atoms with Crippen LogP contribution < -0.4 is 16.8 Å². The highest BCUT2D eigenvalue weighted by atomic mass is 16.2. The molecule has 0 aliphatic carbocycles. The maximum absolute atomic E-state index is 12.1. The van der Waals surface area contributed by atoms with E-state index in [1.165, 1.54) is 0 Å². The summed E-state index contributed by atoms with van der Waals surface area (Å²) >= 11 is 0. The standard InChI is InChI=1S/C14H22N4O2/c1-4-18(5-2)14(20)9(3)17-10-6-7-12(15)11(8-10)13(16)19/h6-9,17H,4-5,15H2,1-3H3,(H2,16,19). The molecule has 5 N–H and O–H groups in total. The zero-order valence-corrected chi connectivity index (χ0v) is 12.1. The molecule has 0 bridgehead atoms. The van der Waals surface area contributed by atoms with E-state index < -0.39 is 5.91 Å². The number of rotatable bonds is 6. The molecule has 1 atom stereocenters. The Kier molecular flexibility index (Phi) is 5.37. The number of hydrogen-bond donors (Lipinski definition) is 3.